The van der Waals surface area contributed by atoms with Crippen LogP contribution in [0.25, 0.3) is 0 Å². The topological polar surface area (TPSA) is 118 Å². The van der Waals surface area contributed by atoms with Gasteiger partial charge in [-0.2, -0.15) is 0 Å². The average Bonchev–Trinajstić information content (AvgIpc) is 3.05. The number of hydrogen-bond acceptors (Lipinski definition) is 9. The molecular formula is C21H27NO9. The molecule has 1 aliphatic rings. The molecule has 1 aliphatic heterocycles. The predicted molar refractivity (Wildman–Crippen MR) is 106 cm³/mol. The van der Waals surface area contributed by atoms with Gasteiger partial charge in [-0.15, -0.1) is 0 Å². The maximum atomic E-state index is 12.4. The Morgan fingerprint density at radius 2 is 1.65 bits per heavy atom. The second kappa shape index (κ2) is 11.4. The SMILES string of the molecule is COCCOCCC(C)(C)C(=O)Oc1ccc(COC(=O)ON2C(=O)CCC2=O)cc1. The third kappa shape index (κ3) is 7.65. The molecule has 0 atom stereocenters. The number of carbonyl (C=O) groups is 4. The highest BCUT2D eigenvalue weighted by molar-refractivity contribution is 6.01. The van der Waals surface area contributed by atoms with Crippen molar-refractivity contribution in [3.63, 3.8) is 0 Å². The molecular weight excluding hydrogens is 410 g/mol. The van der Waals surface area contributed by atoms with Crippen molar-refractivity contribution in [3.8, 4) is 5.75 Å². The Balaban J connectivity index is 1.76. The Morgan fingerprint density at radius 3 is 2.26 bits per heavy atom. The lowest BCUT2D eigenvalue weighted by molar-refractivity contribution is -0.177. The van der Waals surface area contributed by atoms with E-state index in [4.69, 9.17) is 18.9 Å². The Kier molecular flexibility index (Phi) is 8.95. The van der Waals surface area contributed by atoms with Crippen LogP contribution in [0.15, 0.2) is 24.3 Å². The monoisotopic (exact) mass is 437 g/mol. The van der Waals surface area contributed by atoms with Crippen LogP contribution in [0.2, 0.25) is 0 Å². The van der Waals surface area contributed by atoms with Gasteiger partial charge < -0.3 is 18.9 Å². The highest BCUT2D eigenvalue weighted by atomic mass is 16.8. The van der Waals surface area contributed by atoms with Crippen molar-refractivity contribution in [3.05, 3.63) is 29.8 Å². The fourth-order valence-electron chi connectivity index (χ4n) is 2.47. The van der Waals surface area contributed by atoms with Crippen molar-refractivity contribution in [2.45, 2.75) is 39.7 Å². The van der Waals surface area contributed by atoms with Crippen molar-refractivity contribution in [1.82, 2.24) is 5.06 Å². The first-order chi connectivity index (χ1) is 14.7. The molecule has 2 rings (SSSR count). The summed E-state index contributed by atoms with van der Waals surface area (Å²) >= 11 is 0. The van der Waals surface area contributed by atoms with Crippen LogP contribution in [0.5, 0.6) is 5.75 Å². The summed E-state index contributed by atoms with van der Waals surface area (Å²) in [5.74, 6) is -1.22. The van der Waals surface area contributed by atoms with E-state index < -0.39 is 29.4 Å². The lowest BCUT2D eigenvalue weighted by Crippen LogP contribution is -2.32. The molecule has 0 N–H and O–H groups in total. The molecule has 170 valence electrons. The Bertz CT molecular complexity index is 773. The summed E-state index contributed by atoms with van der Waals surface area (Å²) in [5, 5.41) is 0.412. The normalized spacial score (nSPS) is 14.0. The molecule has 2 amide bonds. The van der Waals surface area contributed by atoms with Crippen LogP contribution in [0.4, 0.5) is 4.79 Å². The van der Waals surface area contributed by atoms with Crippen LogP contribution in [-0.2, 0) is 40.0 Å². The maximum Gasteiger partial charge on any atom is 0.534 e. The molecule has 1 aromatic rings. The van der Waals surface area contributed by atoms with E-state index in [9.17, 15) is 19.2 Å². The maximum absolute atomic E-state index is 12.4. The minimum atomic E-state index is -1.16. The number of benzene rings is 1. The largest absolute Gasteiger partial charge is 0.534 e. The zero-order valence-electron chi connectivity index (χ0n) is 17.9. The fourth-order valence-corrected chi connectivity index (χ4v) is 2.47. The van der Waals surface area contributed by atoms with E-state index in [2.05, 4.69) is 4.84 Å². The third-order valence-electron chi connectivity index (χ3n) is 4.52. The zero-order chi connectivity index (χ0) is 22.9. The van der Waals surface area contributed by atoms with E-state index in [1.165, 1.54) is 0 Å². The Morgan fingerprint density at radius 1 is 1.00 bits per heavy atom. The second-order valence-corrected chi connectivity index (χ2v) is 7.48. The van der Waals surface area contributed by atoms with E-state index in [-0.39, 0.29) is 19.4 Å². The molecule has 1 fully saturated rings. The van der Waals surface area contributed by atoms with Gasteiger partial charge in [0, 0.05) is 26.6 Å². The first kappa shape index (κ1) is 24.3. The zero-order valence-corrected chi connectivity index (χ0v) is 17.9. The van der Waals surface area contributed by atoms with Gasteiger partial charge in [0.1, 0.15) is 12.4 Å². The van der Waals surface area contributed by atoms with Crippen molar-refractivity contribution in [2.24, 2.45) is 5.41 Å². The van der Waals surface area contributed by atoms with E-state index >= 15 is 0 Å². The van der Waals surface area contributed by atoms with Crippen LogP contribution in [0.3, 0.4) is 0 Å². The van der Waals surface area contributed by atoms with Gasteiger partial charge in [0.05, 0.1) is 18.6 Å². The Labute approximate surface area is 180 Å². The number of imide groups is 1. The molecule has 0 aromatic heterocycles. The number of hydroxylamine groups is 2. The average molecular weight is 437 g/mol. The molecule has 0 unspecified atom stereocenters. The van der Waals surface area contributed by atoms with E-state index in [1.807, 2.05) is 0 Å². The summed E-state index contributed by atoms with van der Waals surface area (Å²) < 4.78 is 20.6. The van der Waals surface area contributed by atoms with Gasteiger partial charge >= 0.3 is 12.1 Å². The predicted octanol–water partition coefficient (Wildman–Crippen LogP) is 2.39. The van der Waals surface area contributed by atoms with E-state index in [0.717, 1.165) is 0 Å². The van der Waals surface area contributed by atoms with E-state index in [1.54, 1.807) is 45.2 Å². The molecule has 0 aliphatic carbocycles. The number of methoxy groups -OCH3 is 1. The summed E-state index contributed by atoms with van der Waals surface area (Å²) in [6.45, 7) is 4.77. The minimum Gasteiger partial charge on any atom is -0.428 e. The first-order valence-electron chi connectivity index (χ1n) is 9.81. The van der Waals surface area contributed by atoms with Crippen molar-refractivity contribution >= 4 is 23.9 Å². The standard InChI is InChI=1S/C21H27NO9/c1-21(2,10-11-28-13-12-27-3)19(25)30-16-6-4-15(5-7-16)14-29-20(26)31-22-17(23)8-9-18(22)24/h4-7H,8-14H2,1-3H3. The molecule has 0 saturated carbocycles. The van der Waals surface area contributed by atoms with Gasteiger partial charge in [0.2, 0.25) is 0 Å². The number of amides is 2. The van der Waals surface area contributed by atoms with Crippen LogP contribution < -0.4 is 4.74 Å². The third-order valence-corrected chi connectivity index (χ3v) is 4.52. The smallest absolute Gasteiger partial charge is 0.428 e. The van der Waals surface area contributed by atoms with E-state index in [0.29, 0.717) is 42.6 Å². The summed E-state index contributed by atoms with van der Waals surface area (Å²) in [7, 11) is 1.59. The summed E-state index contributed by atoms with van der Waals surface area (Å²) in [6.07, 6.45) is -0.659. The molecule has 10 nitrogen and oxygen atoms in total. The molecule has 0 radical (unpaired) electrons. The van der Waals surface area contributed by atoms with Crippen molar-refractivity contribution in [1.29, 1.82) is 0 Å². The van der Waals surface area contributed by atoms with Gasteiger partial charge in [-0.1, -0.05) is 17.2 Å². The quantitative estimate of drug-likeness (QED) is 0.222. The lowest BCUT2D eigenvalue weighted by atomic mass is 9.90. The second-order valence-electron chi connectivity index (χ2n) is 7.48. The summed E-state index contributed by atoms with van der Waals surface area (Å²) in [5.41, 5.74) is -0.134. The molecule has 31 heavy (non-hydrogen) atoms. The van der Waals surface area contributed by atoms with Gasteiger partial charge in [-0.3, -0.25) is 19.2 Å². The molecule has 1 aromatic carbocycles. The van der Waals surface area contributed by atoms with Crippen LogP contribution in [-0.4, -0.2) is 55.9 Å². The highest BCUT2D eigenvalue weighted by Crippen LogP contribution is 2.24. The summed E-state index contributed by atoms with van der Waals surface area (Å²) in [6, 6.07) is 6.37. The number of ether oxygens (including phenoxy) is 4. The summed E-state index contributed by atoms with van der Waals surface area (Å²) in [4.78, 5) is 51.5. The molecule has 1 heterocycles. The van der Waals surface area contributed by atoms with Gasteiger partial charge in [0.15, 0.2) is 0 Å². The molecule has 10 heteroatoms. The number of hydrogen-bond donors (Lipinski definition) is 0. The number of rotatable bonds is 11. The minimum absolute atomic E-state index is 0.00391. The Hall–Kier alpha value is -2.98. The van der Waals surface area contributed by atoms with Crippen molar-refractivity contribution < 1.29 is 43.0 Å². The van der Waals surface area contributed by atoms with Gasteiger partial charge in [-0.25, -0.2) is 4.79 Å². The van der Waals surface area contributed by atoms with Crippen molar-refractivity contribution in [2.75, 3.05) is 26.9 Å². The fraction of sp³-hybridized carbons (Fsp3) is 0.524. The number of carbonyl (C=O) groups excluding carboxylic acids is 4. The first-order valence-corrected chi connectivity index (χ1v) is 9.81. The highest BCUT2D eigenvalue weighted by Gasteiger charge is 2.33. The van der Waals surface area contributed by atoms with Crippen LogP contribution in [0, 0.1) is 5.41 Å². The number of nitrogens with zero attached hydrogens (tertiary/aromatic N) is 1. The lowest BCUT2D eigenvalue weighted by Gasteiger charge is -2.22. The van der Waals surface area contributed by atoms with Gasteiger partial charge in [-0.05, 0) is 38.0 Å². The van der Waals surface area contributed by atoms with Gasteiger partial charge in [0.25, 0.3) is 11.8 Å². The van der Waals surface area contributed by atoms with Crippen LogP contribution >= 0.6 is 0 Å². The molecule has 0 spiro atoms. The molecule has 1 saturated heterocycles. The van der Waals surface area contributed by atoms with Crippen LogP contribution in [0.1, 0.15) is 38.7 Å². The molecule has 0 bridgehead atoms. The number of esters is 1.